The van der Waals surface area contributed by atoms with Gasteiger partial charge >= 0.3 is 5.97 Å². The molecule has 1 amide bonds. The van der Waals surface area contributed by atoms with Crippen molar-refractivity contribution in [2.75, 3.05) is 0 Å². The Kier molecular flexibility index (Phi) is 4.50. The van der Waals surface area contributed by atoms with E-state index >= 15 is 0 Å². The van der Waals surface area contributed by atoms with Gasteiger partial charge in [-0.05, 0) is 11.6 Å². The van der Waals surface area contributed by atoms with Crippen LogP contribution in [0.15, 0.2) is 54.9 Å². The molecule has 1 aromatic carbocycles. The fourth-order valence-corrected chi connectivity index (χ4v) is 1.88. The number of amides is 1. The molecule has 21 heavy (non-hydrogen) atoms. The van der Waals surface area contributed by atoms with Crippen LogP contribution in [0.3, 0.4) is 0 Å². The van der Waals surface area contributed by atoms with Crippen LogP contribution in [0, 0.1) is 5.21 Å². The van der Waals surface area contributed by atoms with E-state index in [9.17, 15) is 19.9 Å². The van der Waals surface area contributed by atoms with Gasteiger partial charge in [0.15, 0.2) is 12.4 Å². The Morgan fingerprint density at radius 2 is 1.90 bits per heavy atom. The van der Waals surface area contributed by atoms with Gasteiger partial charge in [0.25, 0.3) is 5.91 Å². The molecule has 2 rings (SSSR count). The Morgan fingerprint density at radius 3 is 2.52 bits per heavy atom. The Hall–Kier alpha value is -2.89. The van der Waals surface area contributed by atoms with Gasteiger partial charge in [-0.15, -0.1) is 0 Å². The van der Waals surface area contributed by atoms with E-state index < -0.39 is 17.9 Å². The molecule has 0 saturated heterocycles. The highest BCUT2D eigenvalue weighted by Crippen LogP contribution is 2.05. The first kappa shape index (κ1) is 14.5. The van der Waals surface area contributed by atoms with Crippen molar-refractivity contribution in [1.29, 1.82) is 0 Å². The summed E-state index contributed by atoms with van der Waals surface area (Å²) in [5.41, 5.74) is 0.920. The largest absolute Gasteiger partial charge is 0.619 e. The molecule has 0 aliphatic heterocycles. The highest BCUT2D eigenvalue weighted by molar-refractivity contribution is 5.96. The number of aromatic nitrogens is 1. The van der Waals surface area contributed by atoms with Gasteiger partial charge in [0, 0.05) is 12.5 Å². The van der Waals surface area contributed by atoms with Crippen LogP contribution >= 0.6 is 0 Å². The molecule has 2 aromatic rings. The molecule has 1 aromatic heterocycles. The van der Waals surface area contributed by atoms with Gasteiger partial charge in [-0.25, -0.2) is 4.79 Å². The van der Waals surface area contributed by atoms with Crippen LogP contribution in [0.1, 0.15) is 15.9 Å². The molecule has 0 unspecified atom stereocenters. The second-order valence-electron chi connectivity index (χ2n) is 4.51. The van der Waals surface area contributed by atoms with Gasteiger partial charge in [-0.3, -0.25) is 4.79 Å². The minimum Gasteiger partial charge on any atom is -0.619 e. The fourth-order valence-electron chi connectivity index (χ4n) is 1.88. The summed E-state index contributed by atoms with van der Waals surface area (Å²) in [5, 5.41) is 22.7. The number of nitrogens with one attached hydrogen (secondary N) is 1. The molecule has 2 N–H and O–H groups in total. The van der Waals surface area contributed by atoms with E-state index in [0.29, 0.717) is 4.73 Å². The van der Waals surface area contributed by atoms with Crippen molar-refractivity contribution < 1.29 is 19.4 Å². The lowest BCUT2D eigenvalue weighted by atomic mass is 10.1. The van der Waals surface area contributed by atoms with Crippen LogP contribution in [0.2, 0.25) is 0 Å². The van der Waals surface area contributed by atoms with E-state index in [1.54, 1.807) is 24.3 Å². The van der Waals surface area contributed by atoms with Crippen molar-refractivity contribution in [3.8, 4) is 0 Å². The SMILES string of the molecule is O=C(N[C@H](Cc1ccccc1)C(=O)O)c1ccc[n+]([O-])c1. The normalized spacial score (nSPS) is 11.6. The number of pyridine rings is 1. The first-order valence-electron chi connectivity index (χ1n) is 6.32. The van der Waals surface area contributed by atoms with Gasteiger partial charge in [0.1, 0.15) is 11.6 Å². The lowest BCUT2D eigenvalue weighted by Gasteiger charge is -2.14. The van der Waals surface area contributed by atoms with E-state index in [2.05, 4.69) is 5.32 Å². The Bertz CT molecular complexity index is 643. The van der Waals surface area contributed by atoms with Crippen molar-refractivity contribution in [2.45, 2.75) is 12.5 Å². The molecular formula is C15H14N2O4. The molecule has 0 aliphatic carbocycles. The predicted molar refractivity (Wildman–Crippen MR) is 74.4 cm³/mol. The third-order valence-corrected chi connectivity index (χ3v) is 2.92. The number of carboxylic acid groups (broad SMARTS) is 1. The Balaban J connectivity index is 2.10. The number of carbonyl (C=O) groups is 2. The summed E-state index contributed by atoms with van der Waals surface area (Å²) in [6, 6.07) is 10.8. The van der Waals surface area contributed by atoms with Crippen molar-refractivity contribution in [3.05, 3.63) is 71.2 Å². The summed E-state index contributed by atoms with van der Waals surface area (Å²) in [6.45, 7) is 0. The fraction of sp³-hybridized carbons (Fsp3) is 0.133. The number of aliphatic carboxylic acids is 1. The van der Waals surface area contributed by atoms with Gasteiger partial charge < -0.3 is 15.6 Å². The van der Waals surface area contributed by atoms with Gasteiger partial charge in [0.2, 0.25) is 0 Å². The molecule has 0 saturated carbocycles. The molecular weight excluding hydrogens is 272 g/mol. The molecule has 108 valence electrons. The van der Waals surface area contributed by atoms with Crippen LogP contribution in [-0.4, -0.2) is 23.0 Å². The maximum atomic E-state index is 12.0. The zero-order chi connectivity index (χ0) is 15.2. The average molecular weight is 286 g/mol. The van der Waals surface area contributed by atoms with Crippen molar-refractivity contribution in [1.82, 2.24) is 5.32 Å². The maximum absolute atomic E-state index is 12.0. The summed E-state index contributed by atoms with van der Waals surface area (Å²) in [6.07, 6.45) is 2.51. The Labute approximate surface area is 121 Å². The topological polar surface area (TPSA) is 93.3 Å². The number of hydrogen-bond donors (Lipinski definition) is 2. The van der Waals surface area contributed by atoms with Crippen LogP contribution in [-0.2, 0) is 11.2 Å². The molecule has 0 spiro atoms. The van der Waals surface area contributed by atoms with Gasteiger partial charge in [0.05, 0.1) is 0 Å². The molecule has 0 fully saturated rings. The van der Waals surface area contributed by atoms with E-state index in [1.807, 2.05) is 6.07 Å². The third-order valence-electron chi connectivity index (χ3n) is 2.92. The number of hydrogen-bond acceptors (Lipinski definition) is 3. The van der Waals surface area contributed by atoms with Crippen LogP contribution < -0.4 is 10.0 Å². The zero-order valence-corrected chi connectivity index (χ0v) is 11.1. The van der Waals surface area contributed by atoms with E-state index in [0.717, 1.165) is 11.8 Å². The Morgan fingerprint density at radius 1 is 1.19 bits per heavy atom. The minimum atomic E-state index is -1.13. The van der Waals surface area contributed by atoms with E-state index in [1.165, 1.54) is 18.3 Å². The summed E-state index contributed by atoms with van der Waals surface area (Å²) < 4.78 is 0.488. The summed E-state index contributed by atoms with van der Waals surface area (Å²) in [4.78, 5) is 23.2. The standard InChI is InChI=1S/C15H14N2O4/c18-14(12-7-4-8-17(21)10-12)16-13(15(19)20)9-11-5-2-1-3-6-11/h1-8,10,13H,9H2,(H,16,18)(H,19,20)/t13-/m1/s1. The molecule has 6 heteroatoms. The predicted octanol–water partition coefficient (Wildman–Crippen LogP) is 0.746. The molecule has 1 atom stereocenters. The van der Waals surface area contributed by atoms with Crippen LogP contribution in [0.5, 0.6) is 0 Å². The number of carbonyl (C=O) groups excluding carboxylic acids is 1. The first-order chi connectivity index (χ1) is 10.1. The quantitative estimate of drug-likeness (QED) is 0.626. The average Bonchev–Trinajstić information content (AvgIpc) is 2.47. The molecule has 6 nitrogen and oxygen atoms in total. The molecule has 1 heterocycles. The molecule has 0 radical (unpaired) electrons. The number of rotatable bonds is 5. The number of benzene rings is 1. The van der Waals surface area contributed by atoms with Gasteiger partial charge in [-0.1, -0.05) is 30.3 Å². The highest BCUT2D eigenvalue weighted by atomic mass is 16.5. The zero-order valence-electron chi connectivity index (χ0n) is 11.1. The maximum Gasteiger partial charge on any atom is 0.326 e. The van der Waals surface area contributed by atoms with Crippen molar-refractivity contribution in [3.63, 3.8) is 0 Å². The first-order valence-corrected chi connectivity index (χ1v) is 6.32. The summed E-state index contributed by atoms with van der Waals surface area (Å²) >= 11 is 0. The second-order valence-corrected chi connectivity index (χ2v) is 4.51. The summed E-state index contributed by atoms with van der Waals surface area (Å²) in [7, 11) is 0. The minimum absolute atomic E-state index is 0.117. The van der Waals surface area contributed by atoms with Crippen LogP contribution in [0.4, 0.5) is 0 Å². The number of nitrogens with zero attached hydrogens (tertiary/aromatic N) is 1. The van der Waals surface area contributed by atoms with E-state index in [4.69, 9.17) is 0 Å². The lowest BCUT2D eigenvalue weighted by molar-refractivity contribution is -0.605. The van der Waals surface area contributed by atoms with Gasteiger partial charge in [-0.2, -0.15) is 4.73 Å². The molecule has 0 aliphatic rings. The molecule has 0 bridgehead atoms. The third kappa shape index (κ3) is 4.04. The monoisotopic (exact) mass is 286 g/mol. The lowest BCUT2D eigenvalue weighted by Crippen LogP contribution is -2.43. The van der Waals surface area contributed by atoms with Crippen molar-refractivity contribution >= 4 is 11.9 Å². The second kappa shape index (κ2) is 6.51. The number of carboxylic acids is 1. The smallest absolute Gasteiger partial charge is 0.326 e. The highest BCUT2D eigenvalue weighted by Gasteiger charge is 2.21. The van der Waals surface area contributed by atoms with Crippen molar-refractivity contribution in [2.24, 2.45) is 0 Å². The van der Waals surface area contributed by atoms with E-state index in [-0.39, 0.29) is 12.0 Å². The van der Waals surface area contributed by atoms with Crippen LogP contribution in [0.25, 0.3) is 0 Å². The summed E-state index contributed by atoms with van der Waals surface area (Å²) in [5.74, 6) is -1.72.